The van der Waals surface area contributed by atoms with Crippen molar-refractivity contribution < 1.29 is 51.0 Å². The van der Waals surface area contributed by atoms with Crippen molar-refractivity contribution in [2.75, 3.05) is 25.0 Å². The molecule has 0 radical (unpaired) electrons. The van der Waals surface area contributed by atoms with Crippen LogP contribution in [0.4, 0.5) is 0 Å². The second-order valence-corrected chi connectivity index (χ2v) is 15.1. The van der Waals surface area contributed by atoms with Crippen LogP contribution in [-0.2, 0) is 26.2 Å². The summed E-state index contributed by atoms with van der Waals surface area (Å²) in [5.74, 6) is 0. The van der Waals surface area contributed by atoms with Crippen molar-refractivity contribution in [1.29, 1.82) is 0 Å². The van der Waals surface area contributed by atoms with Crippen LogP contribution in [0.15, 0.2) is 88.8 Å². The molecular weight excluding hydrogens is 583 g/mol. The molecule has 4 rings (SSSR count). The maximum absolute atomic E-state index is 2.53. The summed E-state index contributed by atoms with van der Waals surface area (Å²) in [6.45, 7) is 5.06. The van der Waals surface area contributed by atoms with Crippen LogP contribution in [0.1, 0.15) is 0 Å². The Morgan fingerprint density at radius 1 is 0.567 bits per heavy atom. The standard InChI is InChI=1S/C22H24S4Si.2ClH.Zr/c1-23-13-7-15-17(9-13)21(11-19(15)25-3)27(5,6)22-12-20(26-4)16-8-14(24-2)10-18(16)22;;;/h7-12H,1-6H3;2*1H;/q;;;+2/p-2. The normalized spacial score (nSPS) is 19.0. The molecule has 0 unspecified atom stereocenters. The minimum atomic E-state index is -1.82. The topological polar surface area (TPSA) is 0 Å². The molecule has 0 saturated heterocycles. The fourth-order valence-electron chi connectivity index (χ4n) is 4.14. The summed E-state index contributed by atoms with van der Waals surface area (Å²) >= 11 is 7.46. The number of fused-ring (bicyclic) bond motifs is 2. The quantitative estimate of drug-likeness (QED) is 0.418. The molecule has 0 N–H and O–H groups in total. The molecular formula is C22H24Cl2S4SiZr. The van der Waals surface area contributed by atoms with Gasteiger partial charge in [-0.2, -0.15) is 0 Å². The first-order valence-corrected chi connectivity index (χ1v) is 16.8. The van der Waals surface area contributed by atoms with Gasteiger partial charge in [0, 0.05) is 19.6 Å². The van der Waals surface area contributed by atoms with Gasteiger partial charge in [-0.1, -0.05) is 13.1 Å². The second kappa shape index (κ2) is 11.4. The molecule has 0 aliphatic heterocycles. The van der Waals surface area contributed by atoms with E-state index in [1.54, 1.807) is 10.4 Å². The van der Waals surface area contributed by atoms with E-state index in [-0.39, 0.29) is 51.0 Å². The van der Waals surface area contributed by atoms with E-state index in [2.05, 4.69) is 74.6 Å². The van der Waals surface area contributed by atoms with Gasteiger partial charge in [0.15, 0.2) is 0 Å². The number of halogens is 2. The van der Waals surface area contributed by atoms with Crippen molar-refractivity contribution in [2.45, 2.75) is 13.1 Å². The molecule has 0 aromatic heterocycles. The van der Waals surface area contributed by atoms with Gasteiger partial charge in [0.1, 0.15) is 8.07 Å². The molecule has 8 heteroatoms. The summed E-state index contributed by atoms with van der Waals surface area (Å²) in [6, 6.07) is 0. The van der Waals surface area contributed by atoms with Gasteiger partial charge in [-0.3, -0.25) is 0 Å². The van der Waals surface area contributed by atoms with Crippen molar-refractivity contribution in [1.82, 2.24) is 0 Å². The average Bonchev–Trinajstić information content (AvgIpc) is 3.39. The zero-order chi connectivity index (χ0) is 19.3. The Morgan fingerprint density at radius 2 is 0.933 bits per heavy atom. The van der Waals surface area contributed by atoms with Crippen molar-refractivity contribution in [3.05, 3.63) is 88.8 Å². The van der Waals surface area contributed by atoms with E-state index in [1.165, 1.54) is 41.9 Å². The molecule has 0 aromatic rings. The fraction of sp³-hybridized carbons (Fsp3) is 0.273. The van der Waals surface area contributed by atoms with E-state index in [0.717, 1.165) is 0 Å². The summed E-state index contributed by atoms with van der Waals surface area (Å²) in [5.41, 5.74) is 5.86. The van der Waals surface area contributed by atoms with Crippen LogP contribution in [0.5, 0.6) is 0 Å². The SMILES string of the molecule is CSC1=CC2=C([Si](C)(C)C3=C4C=C(SC)C=C4C(SC)=C3)C=C(SC)C2=C1.[Cl-].[Cl-].[Zr+2]. The van der Waals surface area contributed by atoms with Crippen molar-refractivity contribution >= 4 is 55.1 Å². The van der Waals surface area contributed by atoms with Gasteiger partial charge in [0.05, 0.1) is 0 Å². The van der Waals surface area contributed by atoms with Crippen LogP contribution < -0.4 is 24.8 Å². The summed E-state index contributed by atoms with van der Waals surface area (Å²) in [5, 5.41) is 3.18. The third-order valence-electron chi connectivity index (χ3n) is 5.65. The molecule has 0 heterocycles. The van der Waals surface area contributed by atoms with E-state index in [9.17, 15) is 0 Å². The Bertz CT molecular complexity index is 917. The van der Waals surface area contributed by atoms with Gasteiger partial charge in [0.2, 0.25) is 0 Å². The molecule has 30 heavy (non-hydrogen) atoms. The van der Waals surface area contributed by atoms with Gasteiger partial charge >= 0.3 is 26.2 Å². The fourth-order valence-corrected chi connectivity index (χ4v) is 9.60. The van der Waals surface area contributed by atoms with E-state index in [1.807, 2.05) is 47.0 Å². The van der Waals surface area contributed by atoms with E-state index >= 15 is 0 Å². The Labute approximate surface area is 230 Å². The number of allylic oxidation sites excluding steroid dienone is 12. The number of rotatable bonds is 6. The Balaban J connectivity index is 0.00000150. The molecule has 0 nitrogen and oxygen atoms in total. The molecule has 4 aliphatic carbocycles. The van der Waals surface area contributed by atoms with Crippen LogP contribution in [-0.4, -0.2) is 33.1 Å². The van der Waals surface area contributed by atoms with Crippen LogP contribution >= 0.6 is 47.0 Å². The summed E-state index contributed by atoms with van der Waals surface area (Å²) in [6.07, 6.45) is 23.3. The maximum atomic E-state index is 2.53. The molecule has 158 valence electrons. The predicted molar refractivity (Wildman–Crippen MR) is 134 cm³/mol. The molecule has 0 saturated carbocycles. The Kier molecular flexibility index (Phi) is 11.1. The van der Waals surface area contributed by atoms with Gasteiger partial charge < -0.3 is 24.8 Å². The van der Waals surface area contributed by atoms with E-state index in [4.69, 9.17) is 0 Å². The van der Waals surface area contributed by atoms with Crippen LogP contribution in [0.2, 0.25) is 13.1 Å². The van der Waals surface area contributed by atoms with E-state index in [0.29, 0.717) is 0 Å². The molecule has 0 atom stereocenters. The first-order valence-electron chi connectivity index (χ1n) is 8.91. The molecule has 0 fully saturated rings. The second-order valence-electron chi connectivity index (χ2n) is 7.32. The smallest absolute Gasteiger partial charge is 1.00 e. The van der Waals surface area contributed by atoms with Gasteiger partial charge in [-0.05, 0) is 94.2 Å². The van der Waals surface area contributed by atoms with Gasteiger partial charge in [-0.25, -0.2) is 0 Å². The zero-order valence-electron chi connectivity index (χ0n) is 17.9. The molecule has 0 spiro atoms. The van der Waals surface area contributed by atoms with Crippen molar-refractivity contribution in [2.24, 2.45) is 0 Å². The largest absolute Gasteiger partial charge is 2.00 e. The minimum Gasteiger partial charge on any atom is -1.00 e. The Hall–Kier alpha value is 1.000. The van der Waals surface area contributed by atoms with Crippen LogP contribution in [0, 0.1) is 0 Å². The van der Waals surface area contributed by atoms with Crippen LogP contribution in [0.3, 0.4) is 0 Å². The summed E-state index contributed by atoms with van der Waals surface area (Å²) < 4.78 is 0. The third-order valence-corrected chi connectivity index (χ3v) is 12.1. The Morgan fingerprint density at radius 3 is 1.23 bits per heavy atom. The monoisotopic (exact) mass is 604 g/mol. The predicted octanol–water partition coefficient (Wildman–Crippen LogP) is 1.27. The molecule has 0 aromatic carbocycles. The maximum Gasteiger partial charge on any atom is 2.00 e. The van der Waals surface area contributed by atoms with Gasteiger partial charge in [0.25, 0.3) is 0 Å². The molecule has 4 aliphatic rings. The third kappa shape index (κ3) is 4.78. The number of hydrogen-bond donors (Lipinski definition) is 0. The van der Waals surface area contributed by atoms with Crippen molar-refractivity contribution in [3.63, 3.8) is 0 Å². The number of hydrogen-bond acceptors (Lipinski definition) is 4. The first kappa shape index (κ1) is 29.0. The van der Waals surface area contributed by atoms with E-state index < -0.39 is 8.07 Å². The summed E-state index contributed by atoms with van der Waals surface area (Å²) in [4.78, 5) is 5.64. The zero-order valence-corrected chi connectivity index (χ0v) is 26.1. The molecule has 0 bridgehead atoms. The number of thioether (sulfide) groups is 4. The van der Waals surface area contributed by atoms with Gasteiger partial charge in [-0.15, -0.1) is 47.0 Å². The first-order chi connectivity index (χ1) is 12.9. The summed E-state index contributed by atoms with van der Waals surface area (Å²) in [7, 11) is -1.82. The molecule has 0 amide bonds. The van der Waals surface area contributed by atoms with Crippen molar-refractivity contribution in [3.8, 4) is 0 Å². The average molecular weight is 607 g/mol. The van der Waals surface area contributed by atoms with Crippen LogP contribution in [0.25, 0.3) is 0 Å². The minimum absolute atomic E-state index is 0.